The molecule has 4 heterocycles. The van der Waals surface area contributed by atoms with Crippen molar-refractivity contribution in [1.29, 1.82) is 0 Å². The maximum Gasteiger partial charge on any atom is 0.320 e. The Kier molecular flexibility index (Phi) is 3.23. The van der Waals surface area contributed by atoms with Gasteiger partial charge >= 0.3 is 6.03 Å². The van der Waals surface area contributed by atoms with Crippen molar-refractivity contribution in [3.8, 4) is 0 Å². The summed E-state index contributed by atoms with van der Waals surface area (Å²) < 4.78 is 6.73. The highest BCUT2D eigenvalue weighted by Crippen LogP contribution is 2.62. The van der Waals surface area contributed by atoms with E-state index in [0.29, 0.717) is 19.6 Å². The van der Waals surface area contributed by atoms with E-state index in [4.69, 9.17) is 10.5 Å². The van der Waals surface area contributed by atoms with Gasteiger partial charge in [0.2, 0.25) is 5.72 Å². The molecule has 1 aliphatic carbocycles. The van der Waals surface area contributed by atoms with Gasteiger partial charge in [-0.15, -0.1) is 0 Å². The number of carbonyl (C=O) groups excluding carboxylic acids is 1. The highest BCUT2D eigenvalue weighted by atomic mass is 16.5. The second-order valence-electron chi connectivity index (χ2n) is 7.87. The Morgan fingerprint density at radius 3 is 3.12 bits per heavy atom. The first-order chi connectivity index (χ1) is 12.2. The third kappa shape index (κ3) is 1.97. The summed E-state index contributed by atoms with van der Waals surface area (Å²) in [6, 6.07) is -0.0483. The van der Waals surface area contributed by atoms with Gasteiger partial charge in [0, 0.05) is 31.9 Å². The Bertz CT molecular complexity index is 712. The van der Waals surface area contributed by atoms with Crippen molar-refractivity contribution in [2.75, 3.05) is 19.6 Å². The predicted molar refractivity (Wildman–Crippen MR) is 93.8 cm³/mol. The number of nitrogens with one attached hydrogen (secondary N) is 1. The largest absolute Gasteiger partial charge is 0.467 e. The molecule has 0 aromatic carbocycles. The average molecular weight is 342 g/mol. The van der Waals surface area contributed by atoms with Gasteiger partial charge in [0.15, 0.2) is 0 Å². The Morgan fingerprint density at radius 2 is 2.24 bits per heavy atom. The molecule has 0 aromatic heterocycles. The van der Waals surface area contributed by atoms with E-state index in [1.165, 1.54) is 24.1 Å². The van der Waals surface area contributed by atoms with E-state index in [-0.39, 0.29) is 11.4 Å². The van der Waals surface area contributed by atoms with Gasteiger partial charge in [0.25, 0.3) is 0 Å². The van der Waals surface area contributed by atoms with Crippen LogP contribution in [0, 0.1) is 5.41 Å². The molecule has 6 nitrogen and oxygen atoms in total. The second kappa shape index (κ2) is 5.27. The lowest BCUT2D eigenvalue weighted by atomic mass is 9.65. The Labute approximate surface area is 148 Å². The van der Waals surface area contributed by atoms with Crippen LogP contribution in [0.5, 0.6) is 0 Å². The van der Waals surface area contributed by atoms with Gasteiger partial charge in [-0.1, -0.05) is 12.5 Å². The molecule has 3 N–H and O–H groups in total. The summed E-state index contributed by atoms with van der Waals surface area (Å²) in [5.74, 6) is 1.13. The summed E-state index contributed by atoms with van der Waals surface area (Å²) in [5, 5.41) is 3.00. The minimum atomic E-state index is -0.577. The number of hydrogen-bond donors (Lipinski definition) is 2. The molecular weight excluding hydrogens is 316 g/mol. The molecule has 6 heteroatoms. The molecule has 2 amide bonds. The molecule has 0 aromatic rings. The lowest BCUT2D eigenvalue weighted by molar-refractivity contribution is -0.0491. The van der Waals surface area contributed by atoms with Crippen LogP contribution in [-0.4, -0.2) is 41.2 Å². The topological polar surface area (TPSA) is 70.8 Å². The lowest BCUT2D eigenvalue weighted by Crippen LogP contribution is -2.49. The van der Waals surface area contributed by atoms with Crippen molar-refractivity contribution in [3.63, 3.8) is 0 Å². The maximum atomic E-state index is 12.4. The van der Waals surface area contributed by atoms with Crippen LogP contribution in [0.4, 0.5) is 4.79 Å². The van der Waals surface area contributed by atoms with Gasteiger partial charge in [-0.25, -0.2) is 4.79 Å². The normalized spacial score (nSPS) is 36.0. The lowest BCUT2D eigenvalue weighted by Gasteiger charge is -2.42. The molecule has 5 aliphatic rings. The molecule has 2 unspecified atom stereocenters. The van der Waals surface area contributed by atoms with Crippen molar-refractivity contribution in [2.24, 2.45) is 11.1 Å². The Balaban J connectivity index is 1.63. The number of ether oxygens (including phenoxy) is 1. The Hall–Kier alpha value is -1.95. The van der Waals surface area contributed by atoms with E-state index in [2.05, 4.69) is 28.7 Å². The van der Waals surface area contributed by atoms with E-state index in [9.17, 15) is 4.79 Å². The fraction of sp³-hybridized carbons (Fsp3) is 0.632. The van der Waals surface area contributed by atoms with Crippen LogP contribution in [0.1, 0.15) is 44.9 Å². The highest BCUT2D eigenvalue weighted by Gasteiger charge is 2.63. The van der Waals surface area contributed by atoms with Gasteiger partial charge < -0.3 is 20.7 Å². The van der Waals surface area contributed by atoms with E-state index in [1.807, 2.05) is 4.90 Å². The van der Waals surface area contributed by atoms with Crippen LogP contribution in [0.15, 0.2) is 35.5 Å². The zero-order valence-corrected chi connectivity index (χ0v) is 14.6. The van der Waals surface area contributed by atoms with E-state index < -0.39 is 5.72 Å². The van der Waals surface area contributed by atoms with Crippen LogP contribution in [0.25, 0.3) is 0 Å². The summed E-state index contributed by atoms with van der Waals surface area (Å²) in [5.41, 5.74) is 7.96. The minimum absolute atomic E-state index is 0.0194. The van der Waals surface area contributed by atoms with Gasteiger partial charge in [-0.3, -0.25) is 4.90 Å². The predicted octanol–water partition coefficient (Wildman–Crippen LogP) is 2.37. The average Bonchev–Trinajstić information content (AvgIpc) is 3.12. The summed E-state index contributed by atoms with van der Waals surface area (Å²) in [7, 11) is 0. The van der Waals surface area contributed by atoms with Crippen molar-refractivity contribution in [3.05, 3.63) is 35.5 Å². The van der Waals surface area contributed by atoms with Crippen LogP contribution in [0.3, 0.4) is 0 Å². The smallest absolute Gasteiger partial charge is 0.320 e. The number of carbonyl (C=O) groups is 1. The first kappa shape index (κ1) is 15.3. The quantitative estimate of drug-likeness (QED) is 0.808. The number of hydrogen-bond acceptors (Lipinski definition) is 4. The van der Waals surface area contributed by atoms with Gasteiger partial charge in [0.1, 0.15) is 5.76 Å². The van der Waals surface area contributed by atoms with E-state index in [1.54, 1.807) is 0 Å². The van der Waals surface area contributed by atoms with Gasteiger partial charge in [-0.2, -0.15) is 0 Å². The molecule has 0 bridgehead atoms. The fourth-order valence-corrected chi connectivity index (χ4v) is 5.42. The van der Waals surface area contributed by atoms with Gasteiger partial charge in [0.05, 0.1) is 17.7 Å². The van der Waals surface area contributed by atoms with E-state index >= 15 is 0 Å². The number of fused-ring (bicyclic) bond motifs is 1. The third-order valence-electron chi connectivity index (χ3n) is 6.51. The van der Waals surface area contributed by atoms with Crippen molar-refractivity contribution < 1.29 is 9.53 Å². The number of nitrogens with zero attached hydrogens (tertiary/aromatic N) is 2. The van der Waals surface area contributed by atoms with Crippen molar-refractivity contribution >= 4 is 6.03 Å². The SMILES string of the molecule is NCCN1C(=O)NCC12CC13CCCCC1=CN1C=CCCC1=C3O2. The third-order valence-corrected chi connectivity index (χ3v) is 6.51. The molecule has 5 rings (SSSR count). The van der Waals surface area contributed by atoms with E-state index in [0.717, 1.165) is 37.9 Å². The van der Waals surface area contributed by atoms with Crippen LogP contribution in [-0.2, 0) is 4.74 Å². The number of urea groups is 1. The van der Waals surface area contributed by atoms with Crippen LogP contribution >= 0.6 is 0 Å². The highest BCUT2D eigenvalue weighted by molar-refractivity contribution is 5.78. The molecule has 2 spiro atoms. The van der Waals surface area contributed by atoms with Crippen LogP contribution < -0.4 is 11.1 Å². The second-order valence-corrected chi connectivity index (χ2v) is 7.87. The molecule has 134 valence electrons. The number of nitrogens with two attached hydrogens (primary N) is 1. The zero-order valence-electron chi connectivity index (χ0n) is 14.6. The van der Waals surface area contributed by atoms with Crippen molar-refractivity contribution in [1.82, 2.24) is 15.1 Å². The molecule has 25 heavy (non-hydrogen) atoms. The summed E-state index contributed by atoms with van der Waals surface area (Å²) in [6.45, 7) is 1.54. The molecule has 0 radical (unpaired) electrons. The Morgan fingerprint density at radius 1 is 1.32 bits per heavy atom. The van der Waals surface area contributed by atoms with Crippen molar-refractivity contribution in [2.45, 2.75) is 50.7 Å². The summed E-state index contributed by atoms with van der Waals surface area (Å²) in [6.07, 6.45) is 14.4. The molecule has 3 fully saturated rings. The standard InChI is InChI=1S/C19H26N4O2/c20-8-10-23-17(24)21-13-19(23)12-18-7-3-1-5-14(18)11-22-9-4-2-6-15(22)16(18)25-19/h4,9,11H,1-3,5-8,10,12-13,20H2,(H,21,24). The monoisotopic (exact) mass is 342 g/mol. The minimum Gasteiger partial charge on any atom is -0.467 e. The zero-order chi connectivity index (χ0) is 17.1. The number of allylic oxidation sites excluding steroid dienone is 3. The van der Waals surface area contributed by atoms with Gasteiger partial charge in [-0.05, 0) is 37.7 Å². The molecule has 1 saturated carbocycles. The summed E-state index contributed by atoms with van der Waals surface area (Å²) in [4.78, 5) is 16.5. The molecular formula is C19H26N4O2. The fourth-order valence-electron chi connectivity index (χ4n) is 5.42. The molecule has 4 aliphatic heterocycles. The van der Waals surface area contributed by atoms with Crippen LogP contribution in [0.2, 0.25) is 0 Å². The summed E-state index contributed by atoms with van der Waals surface area (Å²) >= 11 is 0. The number of rotatable bonds is 2. The number of amides is 2. The molecule has 2 saturated heterocycles. The molecule has 2 atom stereocenters. The first-order valence-electron chi connectivity index (χ1n) is 9.53. The first-order valence-corrected chi connectivity index (χ1v) is 9.53. The maximum absolute atomic E-state index is 12.4.